The van der Waals surface area contributed by atoms with Gasteiger partial charge in [0.1, 0.15) is 0 Å². The summed E-state index contributed by atoms with van der Waals surface area (Å²) < 4.78 is 64.5. The number of sulfonamides is 1. The van der Waals surface area contributed by atoms with Crippen LogP contribution in [0.1, 0.15) is 31.2 Å². The summed E-state index contributed by atoms with van der Waals surface area (Å²) in [5.74, 6) is 0. The van der Waals surface area contributed by atoms with E-state index in [-0.39, 0.29) is 6.54 Å². The molecule has 1 aromatic rings. The predicted octanol–water partition coefficient (Wildman–Crippen LogP) is 2.50. The van der Waals surface area contributed by atoms with Crippen LogP contribution in [0.25, 0.3) is 0 Å². The molecule has 0 heterocycles. The molecule has 0 saturated carbocycles. The zero-order chi connectivity index (χ0) is 15.9. The van der Waals surface area contributed by atoms with E-state index >= 15 is 0 Å². The zero-order valence-electron chi connectivity index (χ0n) is 11.5. The van der Waals surface area contributed by atoms with Crippen molar-refractivity contribution < 1.29 is 21.6 Å². The number of benzene rings is 1. The average Bonchev–Trinajstić information content (AvgIpc) is 2.42. The maximum atomic E-state index is 12.8. The Labute approximate surface area is 122 Å². The van der Waals surface area contributed by atoms with E-state index in [1.165, 1.54) is 6.07 Å². The van der Waals surface area contributed by atoms with E-state index in [4.69, 9.17) is 5.73 Å². The van der Waals surface area contributed by atoms with E-state index < -0.39 is 26.7 Å². The van der Waals surface area contributed by atoms with Crippen molar-refractivity contribution in [2.45, 2.75) is 36.8 Å². The van der Waals surface area contributed by atoms with Crippen molar-refractivity contribution in [3.8, 4) is 0 Å². The normalized spacial score (nSPS) is 12.6. The SMILES string of the molecule is NCCCCCCNS(=O)(=O)c1ccccc1C(F)(F)F. The topological polar surface area (TPSA) is 72.2 Å². The fourth-order valence-electron chi connectivity index (χ4n) is 1.84. The van der Waals surface area contributed by atoms with E-state index in [1.54, 1.807) is 0 Å². The quantitative estimate of drug-likeness (QED) is 0.722. The highest BCUT2D eigenvalue weighted by atomic mass is 32.2. The minimum absolute atomic E-state index is 0.110. The van der Waals surface area contributed by atoms with Gasteiger partial charge in [0.05, 0.1) is 10.5 Å². The van der Waals surface area contributed by atoms with Gasteiger partial charge in [-0.05, 0) is 31.5 Å². The summed E-state index contributed by atoms with van der Waals surface area (Å²) in [7, 11) is -4.16. The Hall–Kier alpha value is -1.12. The van der Waals surface area contributed by atoms with Crippen LogP contribution in [0.15, 0.2) is 29.2 Å². The minimum atomic E-state index is -4.70. The molecule has 120 valence electrons. The van der Waals surface area contributed by atoms with Crippen molar-refractivity contribution in [1.29, 1.82) is 0 Å². The molecule has 0 aromatic heterocycles. The fourth-order valence-corrected chi connectivity index (χ4v) is 3.14. The van der Waals surface area contributed by atoms with E-state index in [9.17, 15) is 21.6 Å². The molecule has 3 N–H and O–H groups in total. The second kappa shape index (κ2) is 7.77. The van der Waals surface area contributed by atoms with Crippen LogP contribution in [0.2, 0.25) is 0 Å². The summed E-state index contributed by atoms with van der Waals surface area (Å²) in [6, 6.07) is 4.15. The van der Waals surface area contributed by atoms with Crippen LogP contribution in [0.3, 0.4) is 0 Å². The minimum Gasteiger partial charge on any atom is -0.330 e. The number of alkyl halides is 3. The maximum Gasteiger partial charge on any atom is 0.417 e. The lowest BCUT2D eigenvalue weighted by Gasteiger charge is -2.13. The standard InChI is InChI=1S/C13H19F3N2O2S/c14-13(15,16)11-7-3-4-8-12(11)21(19,20)18-10-6-2-1-5-9-17/h3-4,7-8,18H,1-2,5-6,9-10,17H2. The molecule has 0 aliphatic carbocycles. The third-order valence-electron chi connectivity index (χ3n) is 2.90. The largest absolute Gasteiger partial charge is 0.417 e. The van der Waals surface area contributed by atoms with Gasteiger partial charge in [-0.2, -0.15) is 13.2 Å². The van der Waals surface area contributed by atoms with Gasteiger partial charge in [0.2, 0.25) is 10.0 Å². The van der Waals surface area contributed by atoms with E-state index in [1.807, 2.05) is 0 Å². The maximum absolute atomic E-state index is 12.8. The van der Waals surface area contributed by atoms with Crippen LogP contribution in [-0.2, 0) is 16.2 Å². The van der Waals surface area contributed by atoms with E-state index in [0.717, 1.165) is 37.5 Å². The molecule has 21 heavy (non-hydrogen) atoms. The third-order valence-corrected chi connectivity index (χ3v) is 4.42. The molecule has 0 saturated heterocycles. The highest BCUT2D eigenvalue weighted by Crippen LogP contribution is 2.33. The van der Waals surface area contributed by atoms with Crippen LogP contribution < -0.4 is 10.5 Å². The molecular weight excluding hydrogens is 305 g/mol. The molecule has 0 radical (unpaired) electrons. The Morgan fingerprint density at radius 1 is 1.05 bits per heavy atom. The second-order valence-electron chi connectivity index (χ2n) is 4.59. The number of unbranched alkanes of at least 4 members (excludes halogenated alkanes) is 3. The molecule has 0 aliphatic rings. The molecule has 0 atom stereocenters. The zero-order valence-corrected chi connectivity index (χ0v) is 12.3. The molecule has 0 aliphatic heterocycles. The molecule has 0 amide bonds. The Balaban J connectivity index is 2.71. The highest BCUT2D eigenvalue weighted by molar-refractivity contribution is 7.89. The van der Waals surface area contributed by atoms with Crippen molar-refractivity contribution in [2.75, 3.05) is 13.1 Å². The lowest BCUT2D eigenvalue weighted by Crippen LogP contribution is -2.27. The lowest BCUT2D eigenvalue weighted by molar-refractivity contribution is -0.139. The van der Waals surface area contributed by atoms with Crippen LogP contribution in [0, 0.1) is 0 Å². The molecule has 8 heteroatoms. The number of halogens is 3. The van der Waals surface area contributed by atoms with Crippen molar-refractivity contribution in [3.05, 3.63) is 29.8 Å². The smallest absolute Gasteiger partial charge is 0.330 e. The van der Waals surface area contributed by atoms with Gasteiger partial charge in [-0.15, -0.1) is 0 Å². The van der Waals surface area contributed by atoms with Crippen LogP contribution >= 0.6 is 0 Å². The summed E-state index contributed by atoms with van der Waals surface area (Å²) in [5, 5.41) is 0. The van der Waals surface area contributed by atoms with Crippen molar-refractivity contribution in [3.63, 3.8) is 0 Å². The average molecular weight is 324 g/mol. The Bertz CT molecular complexity index is 545. The Morgan fingerprint density at radius 2 is 1.67 bits per heavy atom. The molecule has 1 rings (SSSR count). The van der Waals surface area contributed by atoms with Gasteiger partial charge in [-0.1, -0.05) is 25.0 Å². The summed E-state index contributed by atoms with van der Waals surface area (Å²) in [6.45, 7) is 0.684. The molecule has 4 nitrogen and oxygen atoms in total. The van der Waals surface area contributed by atoms with Gasteiger partial charge in [0.15, 0.2) is 0 Å². The van der Waals surface area contributed by atoms with Crippen molar-refractivity contribution >= 4 is 10.0 Å². The number of nitrogens with one attached hydrogen (secondary N) is 1. The lowest BCUT2D eigenvalue weighted by atomic mass is 10.2. The van der Waals surface area contributed by atoms with Gasteiger partial charge in [-0.25, -0.2) is 13.1 Å². The molecule has 1 aromatic carbocycles. The van der Waals surface area contributed by atoms with Gasteiger partial charge in [0.25, 0.3) is 0 Å². The summed E-state index contributed by atoms with van der Waals surface area (Å²) in [5.41, 5.74) is 4.18. The second-order valence-corrected chi connectivity index (χ2v) is 6.33. The number of hydrogen-bond acceptors (Lipinski definition) is 3. The predicted molar refractivity (Wildman–Crippen MR) is 74.2 cm³/mol. The number of nitrogens with two attached hydrogens (primary N) is 1. The summed E-state index contributed by atoms with van der Waals surface area (Å²) in [4.78, 5) is -0.737. The number of rotatable bonds is 8. The first-order valence-electron chi connectivity index (χ1n) is 6.65. The van der Waals surface area contributed by atoms with Crippen LogP contribution in [0.5, 0.6) is 0 Å². The molecular formula is C13H19F3N2O2S. The van der Waals surface area contributed by atoms with Gasteiger partial charge >= 0.3 is 6.18 Å². The first-order valence-corrected chi connectivity index (χ1v) is 8.13. The Morgan fingerprint density at radius 3 is 2.29 bits per heavy atom. The summed E-state index contributed by atoms with van der Waals surface area (Å²) in [6.07, 6.45) is -1.64. The highest BCUT2D eigenvalue weighted by Gasteiger charge is 2.36. The molecule has 0 spiro atoms. The first-order chi connectivity index (χ1) is 9.79. The van der Waals surface area contributed by atoms with Crippen LogP contribution in [0.4, 0.5) is 13.2 Å². The third kappa shape index (κ3) is 5.64. The van der Waals surface area contributed by atoms with E-state index in [0.29, 0.717) is 13.0 Å². The van der Waals surface area contributed by atoms with Crippen molar-refractivity contribution in [1.82, 2.24) is 4.72 Å². The molecule has 0 unspecified atom stereocenters. The number of hydrogen-bond donors (Lipinski definition) is 2. The Kier molecular flexibility index (Phi) is 6.63. The fraction of sp³-hybridized carbons (Fsp3) is 0.538. The van der Waals surface area contributed by atoms with E-state index in [2.05, 4.69) is 4.72 Å². The van der Waals surface area contributed by atoms with Crippen molar-refractivity contribution in [2.24, 2.45) is 5.73 Å². The van der Waals surface area contributed by atoms with Gasteiger partial charge < -0.3 is 5.73 Å². The van der Waals surface area contributed by atoms with Gasteiger partial charge in [0, 0.05) is 6.54 Å². The molecule has 0 bridgehead atoms. The first kappa shape index (κ1) is 17.9. The summed E-state index contributed by atoms with van der Waals surface area (Å²) >= 11 is 0. The van der Waals surface area contributed by atoms with Gasteiger partial charge in [-0.3, -0.25) is 0 Å². The van der Waals surface area contributed by atoms with Crippen LogP contribution in [-0.4, -0.2) is 21.5 Å². The monoisotopic (exact) mass is 324 g/mol. The molecule has 0 fully saturated rings.